The molecule has 0 atom stereocenters. The van der Waals surface area contributed by atoms with E-state index in [9.17, 15) is 13.9 Å². The Hall–Kier alpha value is -2.10. The lowest BCUT2D eigenvalue weighted by Crippen LogP contribution is -2.01. The first-order valence-corrected chi connectivity index (χ1v) is 7.03. The highest BCUT2D eigenvalue weighted by molar-refractivity contribution is 5.66. The van der Waals surface area contributed by atoms with Crippen LogP contribution in [-0.4, -0.2) is 11.7 Å². The molecule has 0 spiro atoms. The third-order valence-electron chi connectivity index (χ3n) is 3.23. The molecule has 0 radical (unpaired) electrons. The van der Waals surface area contributed by atoms with Crippen molar-refractivity contribution in [2.24, 2.45) is 0 Å². The molecule has 2 aromatic carbocycles. The fraction of sp³-hybridized carbons (Fsp3) is 0.294. The van der Waals surface area contributed by atoms with Crippen LogP contribution < -0.4 is 4.74 Å². The number of phenolic OH excluding ortho intramolecular Hbond substituents is 1. The molecule has 2 rings (SSSR count). The first kappa shape index (κ1) is 15.3. The quantitative estimate of drug-likeness (QED) is 0.767. The van der Waals surface area contributed by atoms with E-state index in [2.05, 4.69) is 6.92 Å². The van der Waals surface area contributed by atoms with Crippen LogP contribution in [0.5, 0.6) is 11.5 Å². The minimum absolute atomic E-state index is 0.0638. The molecule has 0 amide bonds. The van der Waals surface area contributed by atoms with Crippen molar-refractivity contribution in [1.29, 1.82) is 0 Å². The van der Waals surface area contributed by atoms with Crippen molar-refractivity contribution in [2.75, 3.05) is 6.61 Å². The van der Waals surface area contributed by atoms with Gasteiger partial charge in [-0.25, -0.2) is 4.39 Å². The molecule has 21 heavy (non-hydrogen) atoms. The van der Waals surface area contributed by atoms with Gasteiger partial charge in [0.15, 0.2) is 11.6 Å². The maximum Gasteiger partial charge on any atom is 0.201 e. The summed E-state index contributed by atoms with van der Waals surface area (Å²) in [5.74, 6) is -1.90. The summed E-state index contributed by atoms with van der Waals surface area (Å²) in [5.41, 5.74) is 0.648. The van der Waals surface area contributed by atoms with E-state index in [4.69, 9.17) is 4.74 Å². The Kier molecular flexibility index (Phi) is 5.14. The van der Waals surface area contributed by atoms with Crippen molar-refractivity contribution in [3.05, 3.63) is 48.0 Å². The minimum atomic E-state index is -0.975. The zero-order valence-electron chi connectivity index (χ0n) is 11.9. The minimum Gasteiger partial charge on any atom is -0.508 e. The van der Waals surface area contributed by atoms with Gasteiger partial charge in [-0.05, 0) is 36.2 Å². The number of ether oxygens (including phenoxy) is 1. The van der Waals surface area contributed by atoms with Crippen LogP contribution in [0.3, 0.4) is 0 Å². The Bertz CT molecular complexity index is 594. The lowest BCUT2D eigenvalue weighted by molar-refractivity contribution is 0.286. The Morgan fingerprint density at radius 2 is 1.67 bits per heavy atom. The van der Waals surface area contributed by atoms with Gasteiger partial charge in [-0.2, -0.15) is 4.39 Å². The number of hydrogen-bond acceptors (Lipinski definition) is 2. The van der Waals surface area contributed by atoms with Gasteiger partial charge in [0.25, 0.3) is 0 Å². The summed E-state index contributed by atoms with van der Waals surface area (Å²) < 4.78 is 33.4. The summed E-state index contributed by atoms with van der Waals surface area (Å²) in [5, 5.41) is 9.22. The van der Waals surface area contributed by atoms with Gasteiger partial charge in [0, 0.05) is 5.56 Å². The van der Waals surface area contributed by atoms with E-state index < -0.39 is 11.6 Å². The summed E-state index contributed by atoms with van der Waals surface area (Å²) in [7, 11) is 0. The Labute approximate surface area is 123 Å². The van der Waals surface area contributed by atoms with Gasteiger partial charge in [0.2, 0.25) is 5.82 Å². The highest BCUT2D eigenvalue weighted by Crippen LogP contribution is 2.30. The number of hydrogen-bond donors (Lipinski definition) is 1. The number of halogens is 2. The molecule has 0 aliphatic rings. The van der Waals surface area contributed by atoms with Crippen molar-refractivity contribution in [1.82, 2.24) is 0 Å². The summed E-state index contributed by atoms with van der Waals surface area (Å²) >= 11 is 0. The lowest BCUT2D eigenvalue weighted by atomic mass is 10.0. The molecule has 0 fully saturated rings. The van der Waals surface area contributed by atoms with Crippen LogP contribution in [0.4, 0.5) is 8.78 Å². The van der Waals surface area contributed by atoms with Crippen LogP contribution in [-0.2, 0) is 0 Å². The van der Waals surface area contributed by atoms with Gasteiger partial charge in [-0.3, -0.25) is 0 Å². The standard InChI is InChI=1S/C17H18F2O2/c1-2-3-4-11-21-15-10-9-14(16(18)17(15)19)12-5-7-13(20)8-6-12/h5-10,20H,2-4,11H2,1H3. The van der Waals surface area contributed by atoms with Gasteiger partial charge in [-0.1, -0.05) is 31.9 Å². The van der Waals surface area contributed by atoms with Gasteiger partial charge in [-0.15, -0.1) is 0 Å². The zero-order valence-corrected chi connectivity index (χ0v) is 11.9. The van der Waals surface area contributed by atoms with Crippen LogP contribution in [0.2, 0.25) is 0 Å². The number of phenols is 1. The third kappa shape index (κ3) is 3.72. The first-order valence-electron chi connectivity index (χ1n) is 7.03. The fourth-order valence-corrected chi connectivity index (χ4v) is 2.04. The highest BCUT2D eigenvalue weighted by atomic mass is 19.2. The molecule has 0 bridgehead atoms. The molecule has 0 aromatic heterocycles. The van der Waals surface area contributed by atoms with Gasteiger partial charge in [0.1, 0.15) is 5.75 Å². The molecule has 112 valence electrons. The highest BCUT2D eigenvalue weighted by Gasteiger charge is 2.15. The molecule has 1 N–H and O–H groups in total. The SMILES string of the molecule is CCCCCOc1ccc(-c2ccc(O)cc2)c(F)c1F. The average Bonchev–Trinajstić information content (AvgIpc) is 2.49. The van der Waals surface area contributed by atoms with Gasteiger partial charge < -0.3 is 9.84 Å². The monoisotopic (exact) mass is 292 g/mol. The molecule has 0 aliphatic heterocycles. The van der Waals surface area contributed by atoms with E-state index >= 15 is 0 Å². The predicted octanol–water partition coefficient (Wildman–Crippen LogP) is 4.91. The molecule has 0 saturated carbocycles. The predicted molar refractivity (Wildman–Crippen MR) is 78.5 cm³/mol. The molecule has 4 heteroatoms. The molecule has 2 aromatic rings. The van der Waals surface area contributed by atoms with Crippen LogP contribution in [0.1, 0.15) is 26.2 Å². The third-order valence-corrected chi connectivity index (χ3v) is 3.23. The van der Waals surface area contributed by atoms with Crippen LogP contribution in [0.25, 0.3) is 11.1 Å². The zero-order chi connectivity index (χ0) is 15.2. The van der Waals surface area contributed by atoms with Crippen molar-refractivity contribution in [3.8, 4) is 22.6 Å². The first-order chi connectivity index (χ1) is 10.1. The van der Waals surface area contributed by atoms with Crippen molar-refractivity contribution in [2.45, 2.75) is 26.2 Å². The van der Waals surface area contributed by atoms with E-state index in [-0.39, 0.29) is 17.1 Å². The average molecular weight is 292 g/mol. The van der Waals surface area contributed by atoms with Crippen molar-refractivity contribution < 1.29 is 18.6 Å². The van der Waals surface area contributed by atoms with E-state index in [1.807, 2.05) is 0 Å². The summed E-state index contributed by atoms with van der Waals surface area (Å²) in [6.45, 7) is 2.44. The normalized spacial score (nSPS) is 10.6. The molecule has 2 nitrogen and oxygen atoms in total. The number of aromatic hydroxyl groups is 1. The van der Waals surface area contributed by atoms with Crippen molar-refractivity contribution in [3.63, 3.8) is 0 Å². The van der Waals surface area contributed by atoms with E-state index in [0.717, 1.165) is 19.3 Å². The van der Waals surface area contributed by atoms with Gasteiger partial charge in [0.05, 0.1) is 6.61 Å². The smallest absolute Gasteiger partial charge is 0.201 e. The number of unbranched alkanes of at least 4 members (excludes halogenated alkanes) is 2. The Morgan fingerprint density at radius 1 is 0.952 bits per heavy atom. The fourth-order valence-electron chi connectivity index (χ4n) is 2.04. The van der Waals surface area contributed by atoms with Crippen LogP contribution >= 0.6 is 0 Å². The molecular formula is C17H18F2O2. The van der Waals surface area contributed by atoms with E-state index in [1.165, 1.54) is 36.4 Å². The molecular weight excluding hydrogens is 274 g/mol. The Morgan fingerprint density at radius 3 is 2.33 bits per heavy atom. The molecule has 0 aliphatic carbocycles. The number of rotatable bonds is 6. The number of benzene rings is 2. The van der Waals surface area contributed by atoms with Crippen LogP contribution in [0.15, 0.2) is 36.4 Å². The van der Waals surface area contributed by atoms with E-state index in [0.29, 0.717) is 12.2 Å². The second-order valence-electron chi connectivity index (χ2n) is 4.84. The summed E-state index contributed by atoms with van der Waals surface area (Å²) in [6.07, 6.45) is 2.85. The molecule has 0 saturated heterocycles. The summed E-state index contributed by atoms with van der Waals surface area (Å²) in [6, 6.07) is 8.86. The lowest BCUT2D eigenvalue weighted by Gasteiger charge is -2.10. The van der Waals surface area contributed by atoms with Crippen LogP contribution in [0, 0.1) is 11.6 Å². The Balaban J connectivity index is 2.19. The molecule has 0 heterocycles. The van der Waals surface area contributed by atoms with E-state index in [1.54, 1.807) is 0 Å². The second-order valence-corrected chi connectivity index (χ2v) is 4.84. The largest absolute Gasteiger partial charge is 0.508 e. The second kappa shape index (κ2) is 7.07. The topological polar surface area (TPSA) is 29.5 Å². The summed E-state index contributed by atoms with van der Waals surface area (Å²) in [4.78, 5) is 0. The maximum absolute atomic E-state index is 14.1. The van der Waals surface area contributed by atoms with Gasteiger partial charge >= 0.3 is 0 Å². The van der Waals surface area contributed by atoms with Crippen molar-refractivity contribution >= 4 is 0 Å². The maximum atomic E-state index is 14.1. The molecule has 0 unspecified atom stereocenters.